The van der Waals surface area contributed by atoms with Gasteiger partial charge in [-0.25, -0.2) is 8.42 Å². The minimum atomic E-state index is -3.56. The van der Waals surface area contributed by atoms with Crippen molar-refractivity contribution in [3.63, 3.8) is 0 Å². The zero-order valence-electron chi connectivity index (χ0n) is 11.4. The maximum atomic E-state index is 12.6. The summed E-state index contributed by atoms with van der Waals surface area (Å²) in [7, 11) is -1.55. The third-order valence-corrected chi connectivity index (χ3v) is 5.64. The molecule has 0 amide bonds. The van der Waals surface area contributed by atoms with Crippen LogP contribution in [0, 0.1) is 0 Å². The molecule has 0 saturated carbocycles. The molecule has 2 unspecified atom stereocenters. The standard InChI is InChI=1S/C12H20N4O2S/c1-9-7-16(8-10(2)15(9)3)19(17,18)12-6-14-5-4-11(12)13/h4-6,9-10H,7-8H2,1-3H3,(H2,13,14). The van der Waals surface area contributed by atoms with E-state index in [4.69, 9.17) is 5.73 Å². The van der Waals surface area contributed by atoms with E-state index in [0.29, 0.717) is 13.1 Å². The molecule has 19 heavy (non-hydrogen) atoms. The first-order valence-corrected chi connectivity index (χ1v) is 7.69. The van der Waals surface area contributed by atoms with Crippen LogP contribution < -0.4 is 5.73 Å². The number of nitrogens with zero attached hydrogens (tertiary/aromatic N) is 3. The summed E-state index contributed by atoms with van der Waals surface area (Å²) in [6.45, 7) is 4.98. The van der Waals surface area contributed by atoms with E-state index in [1.807, 2.05) is 20.9 Å². The molecule has 0 spiro atoms. The Morgan fingerprint density at radius 1 is 1.32 bits per heavy atom. The van der Waals surface area contributed by atoms with E-state index >= 15 is 0 Å². The van der Waals surface area contributed by atoms with Crippen LogP contribution in [0.5, 0.6) is 0 Å². The van der Waals surface area contributed by atoms with Gasteiger partial charge in [0.25, 0.3) is 0 Å². The van der Waals surface area contributed by atoms with Crippen LogP contribution in [0.3, 0.4) is 0 Å². The normalized spacial score (nSPS) is 26.5. The SMILES string of the molecule is CC1CN(S(=O)(=O)c2cnccc2N)CC(C)N1C. The highest BCUT2D eigenvalue weighted by molar-refractivity contribution is 7.89. The third kappa shape index (κ3) is 2.58. The molecule has 0 aliphatic carbocycles. The van der Waals surface area contributed by atoms with Gasteiger partial charge in [0.2, 0.25) is 10.0 Å². The zero-order chi connectivity index (χ0) is 14.2. The van der Waals surface area contributed by atoms with Gasteiger partial charge in [0, 0.05) is 37.6 Å². The average molecular weight is 284 g/mol. The number of hydrogen-bond donors (Lipinski definition) is 1. The summed E-state index contributed by atoms with van der Waals surface area (Å²) in [5, 5.41) is 0. The van der Waals surface area contributed by atoms with Gasteiger partial charge in [-0.15, -0.1) is 0 Å². The van der Waals surface area contributed by atoms with Crippen molar-refractivity contribution in [2.24, 2.45) is 0 Å². The monoisotopic (exact) mass is 284 g/mol. The fourth-order valence-electron chi connectivity index (χ4n) is 2.30. The summed E-state index contributed by atoms with van der Waals surface area (Å²) in [6, 6.07) is 1.86. The second-order valence-corrected chi connectivity index (χ2v) is 7.01. The molecule has 6 nitrogen and oxygen atoms in total. The predicted octanol–water partition coefficient (Wildman–Crippen LogP) is 0.377. The summed E-state index contributed by atoms with van der Waals surface area (Å²) in [6.07, 6.45) is 2.81. The van der Waals surface area contributed by atoms with Crippen molar-refractivity contribution >= 4 is 15.7 Å². The van der Waals surface area contributed by atoms with Crippen LogP contribution in [0.25, 0.3) is 0 Å². The second-order valence-electron chi connectivity index (χ2n) is 5.10. The van der Waals surface area contributed by atoms with Crippen molar-refractivity contribution in [3.05, 3.63) is 18.5 Å². The van der Waals surface area contributed by atoms with Gasteiger partial charge in [-0.3, -0.25) is 9.88 Å². The minimum absolute atomic E-state index is 0.0963. The molecular weight excluding hydrogens is 264 g/mol. The lowest BCUT2D eigenvalue weighted by Gasteiger charge is -2.41. The molecule has 0 bridgehead atoms. The Kier molecular flexibility index (Phi) is 3.80. The summed E-state index contributed by atoms with van der Waals surface area (Å²) in [4.78, 5) is 6.14. The number of anilines is 1. The first kappa shape index (κ1) is 14.2. The molecule has 1 saturated heterocycles. The average Bonchev–Trinajstić information content (AvgIpc) is 2.35. The van der Waals surface area contributed by atoms with Gasteiger partial charge in [0.15, 0.2) is 0 Å². The Labute approximate surface area is 114 Å². The minimum Gasteiger partial charge on any atom is -0.398 e. The fourth-order valence-corrected chi connectivity index (χ4v) is 3.96. The Balaban J connectivity index is 2.34. The van der Waals surface area contributed by atoms with Crippen LogP contribution in [-0.2, 0) is 10.0 Å². The molecule has 0 aromatic carbocycles. The van der Waals surface area contributed by atoms with Crippen LogP contribution in [0.2, 0.25) is 0 Å². The van der Waals surface area contributed by atoms with Crippen LogP contribution in [0.1, 0.15) is 13.8 Å². The number of nitrogens with two attached hydrogens (primary N) is 1. The Bertz CT molecular complexity index is 549. The molecule has 106 valence electrons. The predicted molar refractivity (Wildman–Crippen MR) is 74.1 cm³/mol. The van der Waals surface area contributed by atoms with E-state index < -0.39 is 10.0 Å². The first-order valence-electron chi connectivity index (χ1n) is 6.25. The molecular formula is C12H20N4O2S. The van der Waals surface area contributed by atoms with Crippen LogP contribution in [0.4, 0.5) is 5.69 Å². The van der Waals surface area contributed by atoms with Crippen molar-refractivity contribution < 1.29 is 8.42 Å². The van der Waals surface area contributed by atoms with Gasteiger partial charge < -0.3 is 5.73 Å². The summed E-state index contributed by atoms with van der Waals surface area (Å²) in [5.41, 5.74) is 6.00. The lowest BCUT2D eigenvalue weighted by Crippen LogP contribution is -2.56. The molecule has 2 heterocycles. The molecule has 1 aliphatic heterocycles. The van der Waals surface area contributed by atoms with E-state index in [-0.39, 0.29) is 22.7 Å². The second kappa shape index (κ2) is 5.07. The van der Waals surface area contributed by atoms with Crippen molar-refractivity contribution in [1.82, 2.24) is 14.2 Å². The van der Waals surface area contributed by atoms with Crippen molar-refractivity contribution in [2.45, 2.75) is 30.8 Å². The van der Waals surface area contributed by atoms with E-state index in [0.717, 1.165) is 0 Å². The zero-order valence-corrected chi connectivity index (χ0v) is 12.3. The smallest absolute Gasteiger partial charge is 0.246 e. The highest BCUT2D eigenvalue weighted by Gasteiger charge is 2.35. The maximum Gasteiger partial charge on any atom is 0.246 e. The highest BCUT2D eigenvalue weighted by atomic mass is 32.2. The molecule has 1 fully saturated rings. The van der Waals surface area contributed by atoms with Gasteiger partial charge in [0.05, 0.1) is 5.69 Å². The van der Waals surface area contributed by atoms with Gasteiger partial charge in [-0.05, 0) is 27.0 Å². The first-order chi connectivity index (χ1) is 8.84. The molecule has 1 aromatic rings. The van der Waals surface area contributed by atoms with Gasteiger partial charge >= 0.3 is 0 Å². The van der Waals surface area contributed by atoms with E-state index in [1.54, 1.807) is 0 Å². The number of likely N-dealkylation sites (N-methyl/N-ethyl adjacent to an activating group) is 1. The lowest BCUT2D eigenvalue weighted by atomic mass is 10.1. The molecule has 1 aliphatic rings. The Morgan fingerprint density at radius 2 is 1.89 bits per heavy atom. The van der Waals surface area contributed by atoms with Crippen molar-refractivity contribution in [2.75, 3.05) is 25.9 Å². The third-order valence-electron chi connectivity index (χ3n) is 3.76. The maximum absolute atomic E-state index is 12.6. The van der Waals surface area contributed by atoms with Crippen LogP contribution in [-0.4, -0.2) is 54.8 Å². The molecule has 0 radical (unpaired) electrons. The number of aromatic nitrogens is 1. The van der Waals surface area contributed by atoms with Gasteiger partial charge in [-0.2, -0.15) is 4.31 Å². The van der Waals surface area contributed by atoms with Crippen molar-refractivity contribution in [3.8, 4) is 0 Å². The number of pyridine rings is 1. The molecule has 1 aromatic heterocycles. The van der Waals surface area contributed by atoms with E-state index in [2.05, 4.69) is 9.88 Å². The molecule has 2 N–H and O–H groups in total. The lowest BCUT2D eigenvalue weighted by molar-refractivity contribution is 0.105. The van der Waals surface area contributed by atoms with Crippen LogP contribution >= 0.6 is 0 Å². The number of sulfonamides is 1. The van der Waals surface area contributed by atoms with Gasteiger partial charge in [0.1, 0.15) is 4.90 Å². The van der Waals surface area contributed by atoms with E-state index in [9.17, 15) is 8.42 Å². The summed E-state index contributed by atoms with van der Waals surface area (Å²) < 4.78 is 26.7. The topological polar surface area (TPSA) is 79.5 Å². The molecule has 2 atom stereocenters. The van der Waals surface area contributed by atoms with Crippen LogP contribution in [0.15, 0.2) is 23.4 Å². The van der Waals surface area contributed by atoms with E-state index in [1.165, 1.54) is 22.8 Å². The fraction of sp³-hybridized carbons (Fsp3) is 0.583. The Morgan fingerprint density at radius 3 is 2.42 bits per heavy atom. The van der Waals surface area contributed by atoms with Gasteiger partial charge in [-0.1, -0.05) is 0 Å². The summed E-state index contributed by atoms with van der Waals surface area (Å²) >= 11 is 0. The summed E-state index contributed by atoms with van der Waals surface area (Å²) in [5.74, 6) is 0. The largest absolute Gasteiger partial charge is 0.398 e. The number of piperazine rings is 1. The number of rotatable bonds is 2. The number of nitrogen functional groups attached to an aromatic ring is 1. The highest BCUT2D eigenvalue weighted by Crippen LogP contribution is 2.24. The van der Waals surface area contributed by atoms with Crippen molar-refractivity contribution in [1.29, 1.82) is 0 Å². The quantitative estimate of drug-likeness (QED) is 0.849. The number of hydrogen-bond acceptors (Lipinski definition) is 5. The molecule has 7 heteroatoms. The Hall–Kier alpha value is -1.18. The molecule has 2 rings (SSSR count).